The highest BCUT2D eigenvalue weighted by molar-refractivity contribution is 5.74. The van der Waals surface area contributed by atoms with E-state index in [9.17, 15) is 4.79 Å². The highest BCUT2D eigenvalue weighted by Crippen LogP contribution is 2.19. The van der Waals surface area contributed by atoms with Crippen LogP contribution >= 0.6 is 0 Å². The summed E-state index contributed by atoms with van der Waals surface area (Å²) in [6.07, 6.45) is 3.88. The van der Waals surface area contributed by atoms with Crippen LogP contribution in [0, 0.1) is 0 Å². The average Bonchev–Trinajstić information content (AvgIpc) is 2.47. The molecule has 4 nitrogen and oxygen atoms in total. The minimum atomic E-state index is -0.0120. The Bertz CT molecular complexity index is 392. The van der Waals surface area contributed by atoms with E-state index in [4.69, 9.17) is 5.11 Å². The summed E-state index contributed by atoms with van der Waals surface area (Å²) in [5.74, 6) is 0. The van der Waals surface area contributed by atoms with Crippen molar-refractivity contribution in [1.82, 2.24) is 10.2 Å². The van der Waals surface area contributed by atoms with Crippen molar-refractivity contribution < 1.29 is 9.90 Å². The van der Waals surface area contributed by atoms with Crippen molar-refractivity contribution in [2.24, 2.45) is 0 Å². The zero-order chi connectivity index (χ0) is 13.5. The first-order valence-electron chi connectivity index (χ1n) is 7.00. The van der Waals surface area contributed by atoms with E-state index in [1.54, 1.807) is 0 Å². The molecule has 104 valence electrons. The number of carbonyl (C=O) groups is 1. The molecule has 2 amide bonds. The van der Waals surface area contributed by atoms with Gasteiger partial charge in [0.2, 0.25) is 0 Å². The number of rotatable bonds is 4. The fourth-order valence-corrected chi connectivity index (χ4v) is 2.59. The lowest BCUT2D eigenvalue weighted by atomic mass is 10.0. The van der Waals surface area contributed by atoms with Crippen LogP contribution in [0.25, 0.3) is 0 Å². The summed E-state index contributed by atoms with van der Waals surface area (Å²) in [5, 5.41) is 12.0. The van der Waals surface area contributed by atoms with Crippen molar-refractivity contribution in [2.45, 2.75) is 38.3 Å². The van der Waals surface area contributed by atoms with Crippen molar-refractivity contribution in [3.8, 4) is 0 Å². The van der Waals surface area contributed by atoms with Crippen LogP contribution in [0.15, 0.2) is 30.3 Å². The zero-order valence-corrected chi connectivity index (χ0v) is 11.2. The van der Waals surface area contributed by atoms with Crippen molar-refractivity contribution in [2.75, 3.05) is 13.2 Å². The number of aliphatic hydroxyl groups is 1. The normalized spacial score (nSPS) is 19.2. The van der Waals surface area contributed by atoms with Gasteiger partial charge in [-0.2, -0.15) is 0 Å². The fraction of sp³-hybridized carbons (Fsp3) is 0.533. The SMILES string of the molecule is O=C(NCc1ccccc1)N1CCCCC1CCO. The molecule has 0 radical (unpaired) electrons. The summed E-state index contributed by atoms with van der Waals surface area (Å²) in [6, 6.07) is 10.1. The smallest absolute Gasteiger partial charge is 0.317 e. The van der Waals surface area contributed by atoms with Gasteiger partial charge in [0.15, 0.2) is 0 Å². The van der Waals surface area contributed by atoms with Gasteiger partial charge in [0.05, 0.1) is 0 Å². The molecule has 1 aliphatic rings. The van der Waals surface area contributed by atoms with Crippen molar-refractivity contribution >= 4 is 6.03 Å². The molecule has 1 heterocycles. The van der Waals surface area contributed by atoms with E-state index in [-0.39, 0.29) is 18.7 Å². The van der Waals surface area contributed by atoms with Crippen molar-refractivity contribution in [1.29, 1.82) is 0 Å². The van der Waals surface area contributed by atoms with E-state index >= 15 is 0 Å². The van der Waals surface area contributed by atoms with E-state index in [2.05, 4.69) is 5.32 Å². The summed E-state index contributed by atoms with van der Waals surface area (Å²) < 4.78 is 0. The Morgan fingerprint density at radius 2 is 2.11 bits per heavy atom. The number of aliphatic hydroxyl groups excluding tert-OH is 1. The molecule has 1 aromatic carbocycles. The monoisotopic (exact) mass is 262 g/mol. The number of amides is 2. The van der Waals surface area contributed by atoms with Gasteiger partial charge in [-0.05, 0) is 31.2 Å². The number of hydrogen-bond donors (Lipinski definition) is 2. The molecule has 1 saturated heterocycles. The number of nitrogens with zero attached hydrogens (tertiary/aromatic N) is 1. The molecule has 19 heavy (non-hydrogen) atoms. The summed E-state index contributed by atoms with van der Waals surface area (Å²) >= 11 is 0. The molecule has 0 aliphatic carbocycles. The Morgan fingerprint density at radius 1 is 1.32 bits per heavy atom. The number of nitrogens with one attached hydrogen (secondary N) is 1. The Labute approximate surface area is 114 Å². The average molecular weight is 262 g/mol. The summed E-state index contributed by atoms with van der Waals surface area (Å²) in [7, 11) is 0. The van der Waals surface area contributed by atoms with Crippen LogP contribution in [0.2, 0.25) is 0 Å². The number of piperidine rings is 1. The molecule has 0 saturated carbocycles. The second-order valence-corrected chi connectivity index (χ2v) is 5.00. The Balaban J connectivity index is 1.87. The van der Waals surface area contributed by atoms with Crippen LogP contribution in [0.4, 0.5) is 4.79 Å². The van der Waals surface area contributed by atoms with Gasteiger partial charge in [-0.1, -0.05) is 30.3 Å². The maximum Gasteiger partial charge on any atom is 0.317 e. The lowest BCUT2D eigenvalue weighted by Crippen LogP contribution is -2.48. The lowest BCUT2D eigenvalue weighted by molar-refractivity contribution is 0.131. The van der Waals surface area contributed by atoms with Crippen LogP contribution in [0.3, 0.4) is 0 Å². The van der Waals surface area contributed by atoms with E-state index < -0.39 is 0 Å². The van der Waals surface area contributed by atoms with Gasteiger partial charge in [0.25, 0.3) is 0 Å². The molecular formula is C15H22N2O2. The minimum absolute atomic E-state index is 0.0120. The number of hydrogen-bond acceptors (Lipinski definition) is 2. The highest BCUT2D eigenvalue weighted by atomic mass is 16.3. The highest BCUT2D eigenvalue weighted by Gasteiger charge is 2.25. The van der Waals surface area contributed by atoms with Gasteiger partial charge in [-0.3, -0.25) is 0 Å². The first-order valence-corrected chi connectivity index (χ1v) is 7.00. The predicted octanol–water partition coefficient (Wildman–Crippen LogP) is 2.13. The van der Waals surface area contributed by atoms with Crippen LogP contribution in [-0.4, -0.2) is 35.2 Å². The zero-order valence-electron chi connectivity index (χ0n) is 11.2. The molecular weight excluding hydrogens is 240 g/mol. The Kier molecular flexibility index (Phi) is 5.21. The Hall–Kier alpha value is -1.55. The molecule has 1 aromatic rings. The van der Waals surface area contributed by atoms with E-state index in [0.29, 0.717) is 13.0 Å². The molecule has 1 aliphatic heterocycles. The predicted molar refractivity (Wildman–Crippen MR) is 74.7 cm³/mol. The maximum absolute atomic E-state index is 12.2. The van der Waals surface area contributed by atoms with Crippen LogP contribution in [-0.2, 0) is 6.54 Å². The minimum Gasteiger partial charge on any atom is -0.396 e. The lowest BCUT2D eigenvalue weighted by Gasteiger charge is -2.35. The number of urea groups is 1. The second-order valence-electron chi connectivity index (χ2n) is 5.00. The van der Waals surface area contributed by atoms with Gasteiger partial charge >= 0.3 is 6.03 Å². The van der Waals surface area contributed by atoms with E-state index in [1.807, 2.05) is 35.2 Å². The molecule has 0 spiro atoms. The van der Waals surface area contributed by atoms with Gasteiger partial charge in [0, 0.05) is 25.7 Å². The van der Waals surface area contributed by atoms with Crippen molar-refractivity contribution in [3.63, 3.8) is 0 Å². The van der Waals surface area contributed by atoms with Crippen LogP contribution in [0.1, 0.15) is 31.2 Å². The van der Waals surface area contributed by atoms with Gasteiger partial charge in [-0.25, -0.2) is 4.79 Å². The fourth-order valence-electron chi connectivity index (χ4n) is 2.59. The van der Waals surface area contributed by atoms with E-state index in [0.717, 1.165) is 31.4 Å². The quantitative estimate of drug-likeness (QED) is 0.873. The molecule has 0 aromatic heterocycles. The molecule has 1 atom stereocenters. The topological polar surface area (TPSA) is 52.6 Å². The molecule has 1 unspecified atom stereocenters. The summed E-state index contributed by atoms with van der Waals surface area (Å²) in [6.45, 7) is 1.50. The number of benzene rings is 1. The first kappa shape index (κ1) is 13.9. The largest absolute Gasteiger partial charge is 0.396 e. The standard InChI is InChI=1S/C15H22N2O2/c18-11-9-14-8-4-5-10-17(14)15(19)16-12-13-6-2-1-3-7-13/h1-3,6-7,14,18H,4-5,8-12H2,(H,16,19). The Morgan fingerprint density at radius 3 is 2.84 bits per heavy atom. The molecule has 2 rings (SSSR count). The summed E-state index contributed by atoms with van der Waals surface area (Å²) in [5.41, 5.74) is 1.10. The van der Waals surface area contributed by atoms with Crippen LogP contribution < -0.4 is 5.32 Å². The molecule has 0 bridgehead atoms. The second kappa shape index (κ2) is 7.14. The summed E-state index contributed by atoms with van der Waals surface area (Å²) in [4.78, 5) is 14.1. The van der Waals surface area contributed by atoms with E-state index in [1.165, 1.54) is 0 Å². The van der Waals surface area contributed by atoms with Crippen molar-refractivity contribution in [3.05, 3.63) is 35.9 Å². The first-order chi connectivity index (χ1) is 9.31. The third kappa shape index (κ3) is 3.96. The van der Waals surface area contributed by atoms with Gasteiger partial charge in [-0.15, -0.1) is 0 Å². The third-order valence-electron chi connectivity index (χ3n) is 3.64. The molecule has 1 fully saturated rings. The number of carbonyl (C=O) groups excluding carboxylic acids is 1. The molecule has 4 heteroatoms. The van der Waals surface area contributed by atoms with Gasteiger partial charge < -0.3 is 15.3 Å². The molecule has 2 N–H and O–H groups in total. The van der Waals surface area contributed by atoms with Gasteiger partial charge in [0.1, 0.15) is 0 Å². The maximum atomic E-state index is 12.2. The number of likely N-dealkylation sites (tertiary alicyclic amines) is 1. The van der Waals surface area contributed by atoms with Crippen LogP contribution in [0.5, 0.6) is 0 Å². The third-order valence-corrected chi connectivity index (χ3v) is 3.64.